The number of hydrogen-bond donors (Lipinski definition) is 2. The van der Waals surface area contributed by atoms with E-state index in [0.717, 1.165) is 16.5 Å². The number of nitrogens with zero attached hydrogens (tertiary/aromatic N) is 3. The maximum absolute atomic E-state index is 13.7. The van der Waals surface area contributed by atoms with Gasteiger partial charge in [0.25, 0.3) is 17.2 Å². The van der Waals surface area contributed by atoms with Crippen LogP contribution >= 0.6 is 0 Å². The van der Waals surface area contributed by atoms with Gasteiger partial charge in [0.15, 0.2) is 0 Å². The third kappa shape index (κ3) is 4.72. The monoisotopic (exact) mass is 494 g/mol. The number of carbonyl (C=O) groups excluding carboxylic acids is 1. The van der Waals surface area contributed by atoms with Gasteiger partial charge >= 0.3 is 0 Å². The van der Waals surface area contributed by atoms with Crippen molar-refractivity contribution in [3.05, 3.63) is 132 Å². The fraction of sp³-hybridized carbons (Fsp3) is 0.0357. The van der Waals surface area contributed by atoms with E-state index >= 15 is 0 Å². The molecule has 3 aromatic carbocycles. The Morgan fingerprint density at radius 2 is 1.50 bits per heavy atom. The highest BCUT2D eigenvalue weighted by molar-refractivity contribution is 7.81. The molecule has 178 valence electrons. The van der Waals surface area contributed by atoms with Crippen LogP contribution in [0.1, 0.15) is 27.5 Å². The van der Waals surface area contributed by atoms with E-state index in [2.05, 4.69) is 15.3 Å². The number of benzene rings is 3. The van der Waals surface area contributed by atoms with Crippen LogP contribution in [0.3, 0.4) is 0 Å². The zero-order valence-electron chi connectivity index (χ0n) is 19.1. The van der Waals surface area contributed by atoms with Crippen molar-refractivity contribution in [1.82, 2.24) is 15.3 Å². The van der Waals surface area contributed by atoms with E-state index < -0.39 is 23.2 Å². The second-order valence-electron chi connectivity index (χ2n) is 8.00. The zero-order chi connectivity index (χ0) is 24.9. The van der Waals surface area contributed by atoms with E-state index in [1.165, 1.54) is 4.31 Å². The molecule has 0 bridgehead atoms. The van der Waals surface area contributed by atoms with Gasteiger partial charge in [-0.2, -0.15) is 0 Å². The Bertz CT molecular complexity index is 1490. The Labute approximate surface area is 210 Å². The van der Waals surface area contributed by atoms with Crippen LogP contribution in [0.15, 0.2) is 116 Å². The number of anilines is 2. The number of pyridine rings is 2. The average molecular weight is 495 g/mol. The molecule has 36 heavy (non-hydrogen) atoms. The van der Waals surface area contributed by atoms with Crippen molar-refractivity contribution in [2.24, 2.45) is 0 Å². The second kappa shape index (κ2) is 10.5. The Balaban J connectivity index is 1.57. The summed E-state index contributed by atoms with van der Waals surface area (Å²) in [5.41, 5.74) is 3.20. The smallest absolute Gasteiger partial charge is 0.266 e. The lowest BCUT2D eigenvalue weighted by molar-refractivity contribution is 0.0943. The summed E-state index contributed by atoms with van der Waals surface area (Å²) in [4.78, 5) is 22.3. The third-order valence-corrected chi connectivity index (χ3v) is 6.49. The highest BCUT2D eigenvalue weighted by atomic mass is 32.2. The molecule has 1 amide bonds. The summed E-state index contributed by atoms with van der Waals surface area (Å²) < 4.78 is 24.2. The normalized spacial score (nSPS) is 12.6. The summed E-state index contributed by atoms with van der Waals surface area (Å²) in [7, 11) is 0. The van der Waals surface area contributed by atoms with E-state index in [1.807, 2.05) is 54.6 Å². The van der Waals surface area contributed by atoms with Crippen LogP contribution in [0.2, 0.25) is 0 Å². The molecule has 5 rings (SSSR count). The minimum Gasteiger partial charge on any atom is -0.341 e. The lowest BCUT2D eigenvalue weighted by Crippen LogP contribution is -2.31. The van der Waals surface area contributed by atoms with E-state index in [4.69, 9.17) is 0 Å². The molecule has 2 heterocycles. The van der Waals surface area contributed by atoms with Crippen LogP contribution in [-0.2, 0) is 11.3 Å². The van der Waals surface area contributed by atoms with Crippen LogP contribution < -0.4 is 9.62 Å². The topological polar surface area (TPSA) is 95.4 Å². The van der Waals surface area contributed by atoms with Gasteiger partial charge in [0.2, 0.25) is 0 Å². The highest BCUT2D eigenvalue weighted by Crippen LogP contribution is 2.34. The Morgan fingerprint density at radius 1 is 0.806 bits per heavy atom. The number of fused-ring (bicyclic) bond motifs is 1. The van der Waals surface area contributed by atoms with Crippen molar-refractivity contribution in [2.45, 2.75) is 6.04 Å². The average Bonchev–Trinajstić information content (AvgIpc) is 2.93. The molecule has 5 aromatic rings. The number of rotatable bonds is 7. The molecule has 0 aliphatic heterocycles. The predicted octanol–water partition coefficient (Wildman–Crippen LogP) is 5.42. The van der Waals surface area contributed by atoms with Crippen LogP contribution in [0.4, 0.5) is 11.4 Å². The van der Waals surface area contributed by atoms with Crippen molar-refractivity contribution in [1.29, 1.82) is 0 Å². The number of para-hydroxylation sites is 2. The molecule has 0 fully saturated rings. The van der Waals surface area contributed by atoms with Gasteiger partial charge in [-0.3, -0.25) is 19.3 Å². The van der Waals surface area contributed by atoms with E-state index in [-0.39, 0.29) is 11.3 Å². The van der Waals surface area contributed by atoms with Crippen molar-refractivity contribution in [2.75, 3.05) is 4.31 Å². The van der Waals surface area contributed by atoms with Crippen molar-refractivity contribution < 1.29 is 13.6 Å². The zero-order valence-corrected chi connectivity index (χ0v) is 19.9. The molecular formula is C28H22N4O3S. The van der Waals surface area contributed by atoms with Gasteiger partial charge in [-0.15, -0.1) is 0 Å². The van der Waals surface area contributed by atoms with Crippen LogP contribution in [0, 0.1) is 0 Å². The summed E-state index contributed by atoms with van der Waals surface area (Å²) in [5, 5.41) is 3.90. The molecule has 8 heteroatoms. The summed E-state index contributed by atoms with van der Waals surface area (Å²) in [6.45, 7) is 0. The summed E-state index contributed by atoms with van der Waals surface area (Å²) >= 11 is -2.47. The first-order valence-electron chi connectivity index (χ1n) is 11.2. The van der Waals surface area contributed by atoms with Gasteiger partial charge in [0, 0.05) is 24.0 Å². The number of amides is 1. The van der Waals surface area contributed by atoms with Crippen LogP contribution in [0.5, 0.6) is 0 Å². The summed E-state index contributed by atoms with van der Waals surface area (Å²) in [6, 6.07) is 28.6. The lowest BCUT2D eigenvalue weighted by Gasteiger charge is -2.25. The molecule has 7 nitrogen and oxygen atoms in total. The fourth-order valence-corrected chi connectivity index (χ4v) is 4.80. The van der Waals surface area contributed by atoms with Crippen molar-refractivity contribution >= 4 is 39.5 Å². The fourth-order valence-electron chi connectivity index (χ4n) is 4.15. The minimum atomic E-state index is -2.47. The van der Waals surface area contributed by atoms with Crippen LogP contribution in [-0.4, -0.2) is 24.6 Å². The predicted molar refractivity (Wildman–Crippen MR) is 141 cm³/mol. The van der Waals surface area contributed by atoms with Gasteiger partial charge in [0.1, 0.15) is 0 Å². The molecule has 2 aromatic heterocycles. The molecule has 2 atom stereocenters. The Morgan fingerprint density at radius 3 is 2.28 bits per heavy atom. The number of aromatic nitrogens is 2. The first kappa shape index (κ1) is 23.3. The summed E-state index contributed by atoms with van der Waals surface area (Å²) in [5.74, 6) is -0.396. The molecule has 0 radical (unpaired) electrons. The largest absolute Gasteiger partial charge is 0.341 e. The molecular weight excluding hydrogens is 472 g/mol. The van der Waals surface area contributed by atoms with Gasteiger partial charge in [0.05, 0.1) is 28.5 Å². The summed E-state index contributed by atoms with van der Waals surface area (Å²) in [6.07, 6.45) is 5.01. The standard InChI is InChI=1S/C28H22N4O3S/c33-28(31-26(20-9-2-1-3-10-20)22-13-7-17-29-19-22)23-14-4-5-15-24(23)32(36(34)35)25-16-6-11-21-12-8-18-30-27(21)25/h1-19,26H,(H,31,33)(H,34,35). The van der Waals surface area contributed by atoms with Crippen molar-refractivity contribution in [3.8, 4) is 0 Å². The van der Waals surface area contributed by atoms with E-state index in [9.17, 15) is 13.6 Å². The van der Waals surface area contributed by atoms with Gasteiger partial charge in [-0.25, -0.2) is 8.51 Å². The van der Waals surface area contributed by atoms with Gasteiger partial charge < -0.3 is 5.32 Å². The molecule has 0 saturated carbocycles. The number of hydrogen-bond acceptors (Lipinski definition) is 4. The molecule has 0 aliphatic rings. The van der Waals surface area contributed by atoms with E-state index in [0.29, 0.717) is 11.2 Å². The van der Waals surface area contributed by atoms with Gasteiger partial charge in [-0.05, 0) is 41.5 Å². The second-order valence-corrected chi connectivity index (χ2v) is 8.82. The first-order valence-corrected chi connectivity index (χ1v) is 12.3. The number of carbonyl (C=O) groups is 1. The molecule has 2 N–H and O–H groups in total. The van der Waals surface area contributed by atoms with E-state index in [1.54, 1.807) is 61.1 Å². The Hall–Kier alpha value is -4.40. The van der Waals surface area contributed by atoms with Crippen molar-refractivity contribution in [3.63, 3.8) is 0 Å². The molecule has 0 aliphatic carbocycles. The maximum Gasteiger partial charge on any atom is 0.266 e. The SMILES string of the molecule is O=C(NC(c1ccccc1)c1cccnc1)c1ccccc1N(c1cccc2cccnc12)S(=O)O. The van der Waals surface area contributed by atoms with Gasteiger partial charge in [-0.1, -0.05) is 66.7 Å². The molecule has 0 spiro atoms. The first-order chi connectivity index (χ1) is 17.6. The Kier molecular flexibility index (Phi) is 6.79. The molecule has 2 unspecified atom stereocenters. The molecule has 0 saturated heterocycles. The highest BCUT2D eigenvalue weighted by Gasteiger charge is 2.25. The maximum atomic E-state index is 13.7. The number of nitrogens with one attached hydrogen (secondary N) is 1. The minimum absolute atomic E-state index is 0.248. The lowest BCUT2D eigenvalue weighted by atomic mass is 9.99. The quantitative estimate of drug-likeness (QED) is 0.295. The third-order valence-electron chi connectivity index (χ3n) is 5.78. The van der Waals surface area contributed by atoms with Crippen LogP contribution in [0.25, 0.3) is 10.9 Å².